The number of hydrogen-bond acceptors (Lipinski definition) is 4. The summed E-state index contributed by atoms with van der Waals surface area (Å²) in [4.78, 5) is 43.3. The largest absolute Gasteiger partial charge is 0.369 e. The van der Waals surface area contributed by atoms with Crippen LogP contribution in [0.25, 0.3) is 0 Å². The van der Waals surface area contributed by atoms with Gasteiger partial charge >= 0.3 is 0 Å². The van der Waals surface area contributed by atoms with Crippen molar-refractivity contribution in [2.45, 2.75) is 99.2 Å². The minimum atomic E-state index is -0.203. The second-order valence-corrected chi connectivity index (χ2v) is 12.7. The number of carbonyl (C=O) groups excluding carboxylic acids is 2. The molecule has 0 bridgehead atoms. The molecule has 1 aromatic heterocycles. The van der Waals surface area contributed by atoms with Gasteiger partial charge in [0.25, 0.3) is 11.5 Å². The molecule has 7 nitrogen and oxygen atoms in total. The van der Waals surface area contributed by atoms with Gasteiger partial charge in [0.05, 0.1) is 0 Å². The Balaban J connectivity index is 1.71. The molecule has 2 aromatic rings. The molecule has 1 aliphatic rings. The van der Waals surface area contributed by atoms with E-state index in [-0.39, 0.29) is 35.4 Å². The number of aromatic amines is 1. The first-order valence-electron chi connectivity index (χ1n) is 13.6. The predicted octanol–water partition coefficient (Wildman–Crippen LogP) is 5.68. The van der Waals surface area contributed by atoms with Gasteiger partial charge in [-0.05, 0) is 88.1 Å². The predicted molar refractivity (Wildman–Crippen MR) is 158 cm³/mol. The van der Waals surface area contributed by atoms with Gasteiger partial charge in [0.2, 0.25) is 5.91 Å². The second kappa shape index (κ2) is 12.5. The Morgan fingerprint density at radius 1 is 1.08 bits per heavy atom. The molecule has 0 unspecified atom stereocenters. The minimum absolute atomic E-state index is 0.0167. The number of anilines is 1. The summed E-state index contributed by atoms with van der Waals surface area (Å²) in [5.41, 5.74) is 4.60. The number of nitrogens with one attached hydrogen (secondary N) is 3. The molecule has 1 saturated carbocycles. The van der Waals surface area contributed by atoms with E-state index in [0.717, 1.165) is 59.2 Å². The van der Waals surface area contributed by atoms with Gasteiger partial charge < -0.3 is 20.5 Å². The maximum atomic E-state index is 13.3. The molecule has 0 atom stereocenters. The Morgan fingerprint density at radius 3 is 2.32 bits per heavy atom. The zero-order chi connectivity index (χ0) is 28.2. The third kappa shape index (κ3) is 7.71. The van der Waals surface area contributed by atoms with Crippen LogP contribution in [0.3, 0.4) is 0 Å². The van der Waals surface area contributed by atoms with Gasteiger partial charge in [-0.1, -0.05) is 36.7 Å². The van der Waals surface area contributed by atoms with Crippen LogP contribution in [-0.2, 0) is 11.3 Å². The van der Waals surface area contributed by atoms with E-state index in [9.17, 15) is 14.4 Å². The van der Waals surface area contributed by atoms with Gasteiger partial charge in [-0.15, -0.1) is 0 Å². The molecule has 1 heterocycles. The Morgan fingerprint density at radius 2 is 1.74 bits per heavy atom. The average Bonchev–Trinajstić information content (AvgIpc) is 2.80. The zero-order valence-electron chi connectivity index (χ0n) is 23.9. The third-order valence-corrected chi connectivity index (χ3v) is 7.81. The summed E-state index contributed by atoms with van der Waals surface area (Å²) in [6.45, 7) is 15.1. The Kier molecular flexibility index (Phi) is 9.85. The lowest BCUT2D eigenvalue weighted by Gasteiger charge is -2.39. The highest BCUT2D eigenvalue weighted by Gasteiger charge is 2.29. The Hall–Kier alpha value is -2.61. The van der Waals surface area contributed by atoms with Crippen LogP contribution in [-0.4, -0.2) is 35.4 Å². The number of hydrogen-bond donors (Lipinski definition) is 3. The van der Waals surface area contributed by atoms with E-state index < -0.39 is 0 Å². The summed E-state index contributed by atoms with van der Waals surface area (Å²) in [6, 6.07) is 6.40. The molecule has 38 heavy (non-hydrogen) atoms. The zero-order valence-corrected chi connectivity index (χ0v) is 25.5. The lowest BCUT2D eigenvalue weighted by Crippen LogP contribution is -2.45. The van der Waals surface area contributed by atoms with Crippen LogP contribution >= 0.6 is 15.9 Å². The first-order chi connectivity index (χ1) is 17.8. The van der Waals surface area contributed by atoms with Crippen molar-refractivity contribution in [1.29, 1.82) is 0 Å². The molecule has 1 aliphatic carbocycles. The molecule has 8 heteroatoms. The SMILES string of the molecule is CCN(c1cc(Br)cc(C(=O)NCc2c(C)cc(C)[nH]c2=O)c1C)C1CCC(NC(=O)CC(C)(C)C)CC1. The van der Waals surface area contributed by atoms with E-state index in [0.29, 0.717) is 23.6 Å². The molecule has 0 radical (unpaired) electrons. The van der Waals surface area contributed by atoms with Crippen LogP contribution in [0.5, 0.6) is 0 Å². The summed E-state index contributed by atoms with van der Waals surface area (Å²) in [5, 5.41) is 6.18. The smallest absolute Gasteiger partial charge is 0.253 e. The van der Waals surface area contributed by atoms with E-state index >= 15 is 0 Å². The number of amides is 2. The number of H-pyrrole nitrogens is 1. The normalized spacial score (nSPS) is 17.7. The first kappa shape index (κ1) is 29.9. The molecule has 2 amide bonds. The number of pyridine rings is 1. The average molecular weight is 588 g/mol. The van der Waals surface area contributed by atoms with E-state index in [2.05, 4.69) is 70.2 Å². The quantitative estimate of drug-likeness (QED) is 0.370. The first-order valence-corrected chi connectivity index (χ1v) is 14.4. The fourth-order valence-electron chi connectivity index (χ4n) is 5.48. The van der Waals surface area contributed by atoms with Crippen molar-refractivity contribution in [2.75, 3.05) is 11.4 Å². The van der Waals surface area contributed by atoms with E-state index in [1.54, 1.807) is 0 Å². The van der Waals surface area contributed by atoms with Crippen LogP contribution in [0.4, 0.5) is 5.69 Å². The third-order valence-electron chi connectivity index (χ3n) is 7.35. The second-order valence-electron chi connectivity index (χ2n) is 11.8. The number of aryl methyl sites for hydroxylation is 2. The van der Waals surface area contributed by atoms with Crippen LogP contribution in [0.2, 0.25) is 0 Å². The summed E-state index contributed by atoms with van der Waals surface area (Å²) in [6.07, 6.45) is 4.40. The summed E-state index contributed by atoms with van der Waals surface area (Å²) in [7, 11) is 0. The van der Waals surface area contributed by atoms with E-state index in [1.807, 2.05) is 32.9 Å². The molecular weight excluding hydrogens is 544 g/mol. The summed E-state index contributed by atoms with van der Waals surface area (Å²) < 4.78 is 0.842. The van der Waals surface area contributed by atoms with Crippen LogP contribution in [0.15, 0.2) is 27.5 Å². The van der Waals surface area contributed by atoms with Crippen LogP contribution in [0, 0.1) is 26.2 Å². The van der Waals surface area contributed by atoms with Crippen molar-refractivity contribution in [2.24, 2.45) is 5.41 Å². The van der Waals surface area contributed by atoms with Crippen molar-refractivity contribution >= 4 is 33.4 Å². The molecule has 0 saturated heterocycles. The number of halogens is 1. The minimum Gasteiger partial charge on any atom is -0.369 e. The highest BCUT2D eigenvalue weighted by atomic mass is 79.9. The maximum Gasteiger partial charge on any atom is 0.253 e. The van der Waals surface area contributed by atoms with Crippen molar-refractivity contribution in [3.63, 3.8) is 0 Å². The van der Waals surface area contributed by atoms with Gasteiger partial charge in [0.15, 0.2) is 0 Å². The van der Waals surface area contributed by atoms with E-state index in [1.165, 1.54) is 0 Å². The topological polar surface area (TPSA) is 94.3 Å². The standard InChI is InChI=1S/C30H43BrN4O3/c1-8-35(23-11-9-22(10-12-23)34-27(36)16-30(5,6)7)26-15-21(31)14-24(20(26)4)28(37)32-17-25-18(2)13-19(3)33-29(25)38/h13-15,22-23H,8-12,16-17H2,1-7H3,(H,32,37)(H,33,38)(H,34,36). The van der Waals surface area contributed by atoms with Crippen LogP contribution in [0.1, 0.15) is 92.5 Å². The molecular formula is C30H43BrN4O3. The van der Waals surface area contributed by atoms with Crippen molar-refractivity contribution in [3.05, 3.63) is 61.0 Å². The van der Waals surface area contributed by atoms with Gasteiger partial charge in [-0.25, -0.2) is 0 Å². The van der Waals surface area contributed by atoms with Gasteiger partial charge in [-0.3, -0.25) is 14.4 Å². The van der Waals surface area contributed by atoms with Gasteiger partial charge in [0, 0.05) is 58.6 Å². The number of aromatic nitrogens is 1. The summed E-state index contributed by atoms with van der Waals surface area (Å²) >= 11 is 3.62. The molecule has 208 valence electrons. The molecule has 0 aliphatic heterocycles. The lowest BCUT2D eigenvalue weighted by atomic mass is 9.88. The number of nitrogens with zero attached hydrogens (tertiary/aromatic N) is 1. The van der Waals surface area contributed by atoms with Crippen LogP contribution < -0.4 is 21.1 Å². The van der Waals surface area contributed by atoms with Gasteiger partial charge in [-0.2, -0.15) is 0 Å². The lowest BCUT2D eigenvalue weighted by molar-refractivity contribution is -0.123. The molecule has 0 spiro atoms. The van der Waals surface area contributed by atoms with Crippen molar-refractivity contribution in [3.8, 4) is 0 Å². The van der Waals surface area contributed by atoms with Gasteiger partial charge in [0.1, 0.15) is 0 Å². The number of carbonyl (C=O) groups is 2. The number of rotatable bonds is 8. The molecule has 3 N–H and O–H groups in total. The molecule has 1 aromatic carbocycles. The highest BCUT2D eigenvalue weighted by Crippen LogP contribution is 2.34. The number of benzene rings is 1. The molecule has 3 rings (SSSR count). The maximum absolute atomic E-state index is 13.3. The summed E-state index contributed by atoms with van der Waals surface area (Å²) in [5.74, 6) is -0.0691. The van der Waals surface area contributed by atoms with E-state index in [4.69, 9.17) is 0 Å². The molecule has 1 fully saturated rings. The Labute approximate surface area is 235 Å². The fourth-order valence-corrected chi connectivity index (χ4v) is 5.93. The monoisotopic (exact) mass is 586 g/mol. The highest BCUT2D eigenvalue weighted by molar-refractivity contribution is 9.10. The van der Waals surface area contributed by atoms with Crippen molar-refractivity contribution < 1.29 is 9.59 Å². The van der Waals surface area contributed by atoms with Crippen molar-refractivity contribution in [1.82, 2.24) is 15.6 Å². The Bertz CT molecular complexity index is 1220. The fraction of sp³-hybridized carbons (Fsp3) is 0.567.